The Morgan fingerprint density at radius 2 is 1.73 bits per heavy atom. The highest BCUT2D eigenvalue weighted by Gasteiger charge is 2.45. The standard InChI is InChI=1S/C16H20N2O4/c1-18(16(15(21)22)8-3-2-4-9-16)14(20)12-7-5-6-11(10-12)13(17)19/h5-7,10H,2-4,8-9H2,1H3,(H2,17,19)(H,21,22). The quantitative estimate of drug-likeness (QED) is 0.883. The average molecular weight is 304 g/mol. The number of likely N-dealkylation sites (N-methyl/N-ethyl adjacent to an activating group) is 1. The number of nitrogens with two attached hydrogens (primary N) is 1. The molecule has 1 aromatic carbocycles. The molecule has 0 saturated heterocycles. The number of nitrogens with zero attached hydrogens (tertiary/aromatic N) is 1. The minimum absolute atomic E-state index is 0.229. The maximum Gasteiger partial charge on any atom is 0.329 e. The van der Waals surface area contributed by atoms with Gasteiger partial charge >= 0.3 is 5.97 Å². The molecule has 22 heavy (non-hydrogen) atoms. The van der Waals surface area contributed by atoms with E-state index in [0.29, 0.717) is 12.8 Å². The van der Waals surface area contributed by atoms with Crippen LogP contribution in [0.3, 0.4) is 0 Å². The van der Waals surface area contributed by atoms with Crippen LogP contribution in [0.2, 0.25) is 0 Å². The van der Waals surface area contributed by atoms with Crippen molar-refractivity contribution in [2.24, 2.45) is 5.73 Å². The average Bonchev–Trinajstić information content (AvgIpc) is 2.54. The van der Waals surface area contributed by atoms with Crippen LogP contribution in [0.4, 0.5) is 0 Å². The van der Waals surface area contributed by atoms with Gasteiger partial charge in [0.2, 0.25) is 5.91 Å². The molecule has 1 aliphatic carbocycles. The van der Waals surface area contributed by atoms with Gasteiger partial charge < -0.3 is 15.7 Å². The number of carbonyl (C=O) groups excluding carboxylic acids is 2. The monoisotopic (exact) mass is 304 g/mol. The number of benzene rings is 1. The van der Waals surface area contributed by atoms with Crippen LogP contribution in [0.25, 0.3) is 0 Å². The summed E-state index contributed by atoms with van der Waals surface area (Å²) in [5, 5.41) is 9.63. The molecule has 118 valence electrons. The lowest BCUT2D eigenvalue weighted by Crippen LogP contribution is -2.56. The van der Waals surface area contributed by atoms with E-state index in [1.54, 1.807) is 12.1 Å². The Bertz CT molecular complexity index is 606. The Kier molecular flexibility index (Phi) is 4.49. The normalized spacial score (nSPS) is 16.8. The van der Waals surface area contributed by atoms with Crippen LogP contribution in [0.5, 0.6) is 0 Å². The van der Waals surface area contributed by atoms with Crippen LogP contribution in [-0.2, 0) is 4.79 Å². The number of rotatable bonds is 4. The summed E-state index contributed by atoms with van der Waals surface area (Å²) in [5.41, 5.74) is 4.55. The highest BCUT2D eigenvalue weighted by Crippen LogP contribution is 2.34. The third kappa shape index (κ3) is 2.81. The highest BCUT2D eigenvalue weighted by molar-refractivity contribution is 6.00. The van der Waals surface area contributed by atoms with E-state index in [9.17, 15) is 19.5 Å². The first-order valence-electron chi connectivity index (χ1n) is 7.30. The molecule has 2 amide bonds. The molecular formula is C16H20N2O4. The van der Waals surface area contributed by atoms with Crippen LogP contribution in [-0.4, -0.2) is 40.4 Å². The topological polar surface area (TPSA) is 101 Å². The van der Waals surface area contributed by atoms with Crippen molar-refractivity contribution in [2.45, 2.75) is 37.6 Å². The zero-order valence-corrected chi connectivity index (χ0v) is 12.5. The number of amides is 2. The van der Waals surface area contributed by atoms with Crippen LogP contribution in [0.15, 0.2) is 24.3 Å². The summed E-state index contributed by atoms with van der Waals surface area (Å²) in [5.74, 6) is -2.01. The largest absolute Gasteiger partial charge is 0.479 e. The van der Waals surface area contributed by atoms with Crippen molar-refractivity contribution in [1.82, 2.24) is 4.90 Å². The van der Waals surface area contributed by atoms with Gasteiger partial charge in [0.1, 0.15) is 5.54 Å². The first kappa shape index (κ1) is 16.0. The van der Waals surface area contributed by atoms with Gasteiger partial charge in [-0.05, 0) is 31.0 Å². The number of aliphatic carboxylic acids is 1. The summed E-state index contributed by atoms with van der Waals surface area (Å²) in [6, 6.07) is 6.05. The minimum Gasteiger partial charge on any atom is -0.479 e. The van der Waals surface area contributed by atoms with Gasteiger partial charge in [0.05, 0.1) is 0 Å². The number of primary amides is 1. The summed E-state index contributed by atoms with van der Waals surface area (Å²) in [6.45, 7) is 0. The maximum atomic E-state index is 12.6. The van der Waals surface area contributed by atoms with E-state index in [1.165, 1.54) is 24.1 Å². The molecule has 6 nitrogen and oxygen atoms in total. The Labute approximate surface area is 128 Å². The minimum atomic E-state index is -1.17. The number of hydrogen-bond acceptors (Lipinski definition) is 3. The zero-order valence-electron chi connectivity index (χ0n) is 12.5. The van der Waals surface area contributed by atoms with Crippen molar-refractivity contribution in [3.8, 4) is 0 Å². The third-order valence-electron chi connectivity index (χ3n) is 4.42. The van der Waals surface area contributed by atoms with Gasteiger partial charge in [-0.3, -0.25) is 9.59 Å². The molecule has 1 saturated carbocycles. The number of hydrogen-bond donors (Lipinski definition) is 2. The van der Waals surface area contributed by atoms with Gasteiger partial charge in [0, 0.05) is 18.2 Å². The van der Waals surface area contributed by atoms with Gasteiger partial charge in [-0.1, -0.05) is 25.3 Å². The van der Waals surface area contributed by atoms with E-state index in [-0.39, 0.29) is 11.1 Å². The van der Waals surface area contributed by atoms with E-state index < -0.39 is 23.3 Å². The van der Waals surface area contributed by atoms with Crippen molar-refractivity contribution in [3.63, 3.8) is 0 Å². The molecule has 0 spiro atoms. The molecule has 1 aromatic rings. The molecule has 1 fully saturated rings. The van der Waals surface area contributed by atoms with Gasteiger partial charge in [-0.2, -0.15) is 0 Å². The van der Waals surface area contributed by atoms with Crippen LogP contribution in [0, 0.1) is 0 Å². The molecule has 6 heteroatoms. The number of carboxylic acids is 1. The molecular weight excluding hydrogens is 284 g/mol. The first-order chi connectivity index (χ1) is 10.4. The molecule has 0 radical (unpaired) electrons. The Morgan fingerprint density at radius 1 is 1.14 bits per heavy atom. The maximum absolute atomic E-state index is 12.6. The Balaban J connectivity index is 2.32. The predicted octanol–water partition coefficient (Wildman–Crippen LogP) is 1.64. The van der Waals surface area contributed by atoms with E-state index in [4.69, 9.17) is 5.73 Å². The molecule has 3 N–H and O–H groups in total. The molecule has 0 unspecified atom stereocenters. The third-order valence-corrected chi connectivity index (χ3v) is 4.42. The SMILES string of the molecule is CN(C(=O)c1cccc(C(N)=O)c1)C1(C(=O)O)CCCCC1. The summed E-state index contributed by atoms with van der Waals surface area (Å²) in [4.78, 5) is 36.9. The van der Waals surface area contributed by atoms with Gasteiger partial charge in [0.15, 0.2) is 0 Å². The number of carboxylic acid groups (broad SMARTS) is 1. The molecule has 0 aliphatic heterocycles. The summed E-state index contributed by atoms with van der Waals surface area (Å²) >= 11 is 0. The molecule has 0 atom stereocenters. The highest BCUT2D eigenvalue weighted by atomic mass is 16.4. The summed E-state index contributed by atoms with van der Waals surface area (Å²) in [6.07, 6.45) is 3.44. The van der Waals surface area contributed by atoms with Gasteiger partial charge in [-0.15, -0.1) is 0 Å². The number of carbonyl (C=O) groups is 3. The smallest absolute Gasteiger partial charge is 0.329 e. The van der Waals surface area contributed by atoms with E-state index in [0.717, 1.165) is 19.3 Å². The van der Waals surface area contributed by atoms with Gasteiger partial charge in [-0.25, -0.2) is 4.79 Å². The molecule has 0 aromatic heterocycles. The fraction of sp³-hybridized carbons (Fsp3) is 0.438. The summed E-state index contributed by atoms with van der Waals surface area (Å²) < 4.78 is 0. The van der Waals surface area contributed by atoms with Crippen molar-refractivity contribution in [1.29, 1.82) is 0 Å². The zero-order chi connectivity index (χ0) is 16.3. The lowest BCUT2D eigenvalue weighted by molar-refractivity contribution is -0.151. The first-order valence-corrected chi connectivity index (χ1v) is 7.30. The van der Waals surface area contributed by atoms with E-state index in [2.05, 4.69) is 0 Å². The lowest BCUT2D eigenvalue weighted by Gasteiger charge is -2.41. The second-order valence-electron chi connectivity index (χ2n) is 5.71. The predicted molar refractivity (Wildman–Crippen MR) is 80.5 cm³/mol. The Morgan fingerprint density at radius 3 is 2.27 bits per heavy atom. The molecule has 0 bridgehead atoms. The van der Waals surface area contributed by atoms with Crippen molar-refractivity contribution in [3.05, 3.63) is 35.4 Å². The fourth-order valence-electron chi connectivity index (χ4n) is 3.02. The fourth-order valence-corrected chi connectivity index (χ4v) is 3.02. The lowest BCUT2D eigenvalue weighted by atomic mass is 9.80. The van der Waals surface area contributed by atoms with Crippen molar-refractivity contribution >= 4 is 17.8 Å². The van der Waals surface area contributed by atoms with Crippen molar-refractivity contribution in [2.75, 3.05) is 7.05 Å². The van der Waals surface area contributed by atoms with Crippen LogP contribution >= 0.6 is 0 Å². The Hall–Kier alpha value is -2.37. The van der Waals surface area contributed by atoms with E-state index in [1.807, 2.05) is 0 Å². The molecule has 0 heterocycles. The second kappa shape index (κ2) is 6.17. The molecule has 1 aliphatic rings. The van der Waals surface area contributed by atoms with E-state index >= 15 is 0 Å². The van der Waals surface area contributed by atoms with Crippen LogP contribution in [0.1, 0.15) is 52.8 Å². The molecule has 2 rings (SSSR count). The van der Waals surface area contributed by atoms with Crippen LogP contribution < -0.4 is 5.73 Å². The second-order valence-corrected chi connectivity index (χ2v) is 5.71. The van der Waals surface area contributed by atoms with Gasteiger partial charge in [0.25, 0.3) is 5.91 Å². The van der Waals surface area contributed by atoms with Crippen molar-refractivity contribution < 1.29 is 19.5 Å². The summed E-state index contributed by atoms with van der Waals surface area (Å²) in [7, 11) is 1.51.